The quantitative estimate of drug-likeness (QED) is 0.600. The topological polar surface area (TPSA) is 120 Å². The second kappa shape index (κ2) is 8.10. The number of nitrogens with one attached hydrogen (secondary N) is 1. The Labute approximate surface area is 169 Å². The highest BCUT2D eigenvalue weighted by Gasteiger charge is 2.20. The molecule has 3 N–H and O–H groups in total. The number of rotatable bonds is 7. The van der Waals surface area contributed by atoms with E-state index in [0.717, 1.165) is 0 Å². The van der Waals surface area contributed by atoms with Gasteiger partial charge in [-0.05, 0) is 17.7 Å². The molecule has 0 bridgehead atoms. The highest BCUT2D eigenvalue weighted by Crippen LogP contribution is 2.33. The van der Waals surface area contributed by atoms with Gasteiger partial charge in [0.1, 0.15) is 5.82 Å². The molecule has 0 atom stereocenters. The molecule has 3 aromatic rings. The molecule has 1 aromatic heterocycles. The van der Waals surface area contributed by atoms with Gasteiger partial charge < -0.3 is 20.5 Å². The monoisotopic (exact) mass is 417 g/mol. The minimum Gasteiger partial charge on any atom is -0.493 e. The van der Waals surface area contributed by atoms with Crippen molar-refractivity contribution in [3.05, 3.63) is 42.0 Å². The van der Waals surface area contributed by atoms with Gasteiger partial charge in [-0.1, -0.05) is 18.2 Å². The zero-order valence-electron chi connectivity index (χ0n) is 16.6. The van der Waals surface area contributed by atoms with Crippen LogP contribution in [0, 0.1) is 0 Å². The lowest BCUT2D eigenvalue weighted by Crippen LogP contribution is -2.24. The highest BCUT2D eigenvalue weighted by atomic mass is 32.2. The predicted octanol–water partition coefficient (Wildman–Crippen LogP) is 2.09. The fraction of sp³-hybridized carbons (Fsp3) is 0.263. The molecule has 10 heteroatoms. The van der Waals surface area contributed by atoms with Gasteiger partial charge in [-0.2, -0.15) is 4.98 Å². The van der Waals surface area contributed by atoms with Crippen molar-refractivity contribution in [2.45, 2.75) is 11.4 Å². The van der Waals surface area contributed by atoms with Gasteiger partial charge in [0, 0.05) is 32.1 Å². The van der Waals surface area contributed by atoms with E-state index in [9.17, 15) is 8.42 Å². The molecule has 29 heavy (non-hydrogen) atoms. The molecule has 0 amide bonds. The SMILES string of the molecule is COc1cc2nc(NCc3ccccc3S(=O)(=O)N(C)C)nc(N)c2cc1OC. The number of benzene rings is 2. The number of fused-ring (bicyclic) bond motifs is 1. The molecule has 0 unspecified atom stereocenters. The Balaban J connectivity index is 1.95. The summed E-state index contributed by atoms with van der Waals surface area (Å²) in [5.74, 6) is 1.59. The molecule has 2 aromatic carbocycles. The predicted molar refractivity (Wildman–Crippen MR) is 112 cm³/mol. The molecule has 154 valence electrons. The summed E-state index contributed by atoms with van der Waals surface area (Å²) in [5.41, 5.74) is 7.26. The third-order valence-electron chi connectivity index (χ3n) is 4.40. The summed E-state index contributed by atoms with van der Waals surface area (Å²) in [6.45, 7) is 0.210. The van der Waals surface area contributed by atoms with Crippen molar-refractivity contribution in [1.29, 1.82) is 0 Å². The Morgan fingerprint density at radius 3 is 2.38 bits per heavy atom. The fourth-order valence-corrected chi connectivity index (χ4v) is 3.95. The Bertz CT molecular complexity index is 1150. The van der Waals surface area contributed by atoms with Crippen molar-refractivity contribution in [1.82, 2.24) is 14.3 Å². The molecular weight excluding hydrogens is 394 g/mol. The van der Waals surface area contributed by atoms with Crippen LogP contribution >= 0.6 is 0 Å². The number of methoxy groups -OCH3 is 2. The van der Waals surface area contributed by atoms with Crippen molar-refractivity contribution < 1.29 is 17.9 Å². The number of nitrogens with zero attached hydrogens (tertiary/aromatic N) is 3. The Hall–Kier alpha value is -3.11. The lowest BCUT2D eigenvalue weighted by atomic mass is 10.2. The molecule has 0 saturated carbocycles. The summed E-state index contributed by atoms with van der Waals surface area (Å²) in [4.78, 5) is 8.96. The van der Waals surface area contributed by atoms with Crippen molar-refractivity contribution in [3.63, 3.8) is 0 Å². The number of sulfonamides is 1. The summed E-state index contributed by atoms with van der Waals surface area (Å²) >= 11 is 0. The molecule has 0 spiro atoms. The van der Waals surface area contributed by atoms with Crippen LogP contribution in [0.2, 0.25) is 0 Å². The Morgan fingerprint density at radius 2 is 1.72 bits per heavy atom. The van der Waals surface area contributed by atoms with E-state index in [2.05, 4.69) is 15.3 Å². The summed E-state index contributed by atoms with van der Waals surface area (Å²) in [6.07, 6.45) is 0. The van der Waals surface area contributed by atoms with E-state index in [4.69, 9.17) is 15.2 Å². The molecule has 0 fully saturated rings. The number of nitrogen functional groups attached to an aromatic ring is 1. The molecular formula is C19H23N5O4S. The molecule has 9 nitrogen and oxygen atoms in total. The lowest BCUT2D eigenvalue weighted by molar-refractivity contribution is 0.356. The van der Waals surface area contributed by atoms with E-state index in [-0.39, 0.29) is 23.2 Å². The number of anilines is 2. The molecule has 3 rings (SSSR count). The molecule has 0 aliphatic heterocycles. The zero-order chi connectivity index (χ0) is 21.2. The smallest absolute Gasteiger partial charge is 0.242 e. The van der Waals surface area contributed by atoms with Gasteiger partial charge in [-0.15, -0.1) is 0 Å². The van der Waals surface area contributed by atoms with Gasteiger partial charge in [0.05, 0.1) is 24.6 Å². The third kappa shape index (κ3) is 4.03. The van der Waals surface area contributed by atoms with Gasteiger partial charge >= 0.3 is 0 Å². The molecule has 0 aliphatic carbocycles. The van der Waals surface area contributed by atoms with Gasteiger partial charge in [0.2, 0.25) is 16.0 Å². The van der Waals surface area contributed by atoms with Gasteiger partial charge in [0.15, 0.2) is 11.5 Å². The van der Waals surface area contributed by atoms with E-state index in [1.165, 1.54) is 32.6 Å². The maximum absolute atomic E-state index is 12.5. The molecule has 0 saturated heterocycles. The minimum absolute atomic E-state index is 0.210. The van der Waals surface area contributed by atoms with Gasteiger partial charge in [0.25, 0.3) is 0 Å². The van der Waals surface area contributed by atoms with E-state index in [1.54, 1.807) is 36.4 Å². The van der Waals surface area contributed by atoms with Crippen molar-refractivity contribution >= 4 is 32.7 Å². The highest BCUT2D eigenvalue weighted by molar-refractivity contribution is 7.89. The number of hydrogen-bond acceptors (Lipinski definition) is 8. The maximum atomic E-state index is 12.5. The maximum Gasteiger partial charge on any atom is 0.242 e. The first-order valence-electron chi connectivity index (χ1n) is 8.71. The number of hydrogen-bond donors (Lipinski definition) is 2. The van der Waals surface area contributed by atoms with Crippen molar-refractivity contribution in [3.8, 4) is 11.5 Å². The van der Waals surface area contributed by atoms with Crippen LogP contribution in [0.25, 0.3) is 10.9 Å². The average molecular weight is 417 g/mol. The minimum atomic E-state index is -3.57. The van der Waals surface area contributed by atoms with Crippen LogP contribution in [-0.4, -0.2) is 51.0 Å². The largest absolute Gasteiger partial charge is 0.493 e. The van der Waals surface area contributed by atoms with Crippen molar-refractivity contribution in [2.75, 3.05) is 39.4 Å². The summed E-state index contributed by atoms with van der Waals surface area (Å²) < 4.78 is 36.9. The van der Waals surface area contributed by atoms with Crippen molar-refractivity contribution in [2.24, 2.45) is 0 Å². The Morgan fingerprint density at radius 1 is 1.07 bits per heavy atom. The Kier molecular flexibility index (Phi) is 5.76. The standard InChI is InChI=1S/C19H23N5O4S/c1-24(2)29(25,26)17-8-6-5-7-12(17)11-21-19-22-14-10-16(28-4)15(27-3)9-13(14)18(20)23-19/h5-10H,11H2,1-4H3,(H3,20,21,22,23). The third-order valence-corrected chi connectivity index (χ3v) is 6.31. The zero-order valence-corrected chi connectivity index (χ0v) is 17.4. The summed E-state index contributed by atoms with van der Waals surface area (Å²) in [6, 6.07) is 10.2. The molecule has 0 aliphatic rings. The fourth-order valence-electron chi connectivity index (χ4n) is 2.83. The second-order valence-electron chi connectivity index (χ2n) is 6.41. The average Bonchev–Trinajstić information content (AvgIpc) is 2.71. The second-order valence-corrected chi connectivity index (χ2v) is 8.53. The van der Waals surface area contributed by atoms with E-state index in [1.807, 2.05) is 0 Å². The van der Waals surface area contributed by atoms with Crippen LogP contribution in [0.3, 0.4) is 0 Å². The number of nitrogens with two attached hydrogens (primary N) is 1. The normalized spacial score (nSPS) is 11.6. The van der Waals surface area contributed by atoms with E-state index in [0.29, 0.717) is 28.0 Å². The molecule has 0 radical (unpaired) electrons. The van der Waals surface area contributed by atoms with Crippen LogP contribution in [-0.2, 0) is 16.6 Å². The van der Waals surface area contributed by atoms with Gasteiger partial charge in [-0.3, -0.25) is 0 Å². The first kappa shape index (κ1) is 20.6. The first-order chi connectivity index (χ1) is 13.8. The summed E-state index contributed by atoms with van der Waals surface area (Å²) in [5, 5.41) is 3.68. The van der Waals surface area contributed by atoms with Crippen LogP contribution in [0.15, 0.2) is 41.3 Å². The lowest BCUT2D eigenvalue weighted by Gasteiger charge is -2.16. The van der Waals surface area contributed by atoms with Crippen LogP contribution < -0.4 is 20.5 Å². The van der Waals surface area contributed by atoms with Crippen LogP contribution in [0.1, 0.15) is 5.56 Å². The van der Waals surface area contributed by atoms with Crippen LogP contribution in [0.5, 0.6) is 11.5 Å². The number of aromatic nitrogens is 2. The summed E-state index contributed by atoms with van der Waals surface area (Å²) in [7, 11) is 2.49. The van der Waals surface area contributed by atoms with Crippen LogP contribution in [0.4, 0.5) is 11.8 Å². The van der Waals surface area contributed by atoms with Gasteiger partial charge in [-0.25, -0.2) is 17.7 Å². The van der Waals surface area contributed by atoms with E-state index < -0.39 is 10.0 Å². The first-order valence-corrected chi connectivity index (χ1v) is 10.2. The van der Waals surface area contributed by atoms with E-state index >= 15 is 0 Å². The number of ether oxygens (including phenoxy) is 2. The molecule has 1 heterocycles.